The Morgan fingerprint density at radius 3 is 2.45 bits per heavy atom. The van der Waals surface area contributed by atoms with E-state index in [1.165, 1.54) is 5.56 Å². The van der Waals surface area contributed by atoms with E-state index in [1.807, 2.05) is 43.3 Å². The van der Waals surface area contributed by atoms with E-state index < -0.39 is 0 Å². The molecule has 0 aliphatic heterocycles. The molecule has 3 rings (SSSR count). The fourth-order valence-corrected chi connectivity index (χ4v) is 3.82. The molecule has 152 valence electrons. The van der Waals surface area contributed by atoms with Crippen molar-refractivity contribution < 1.29 is 9.47 Å². The first-order valence-electron chi connectivity index (χ1n) is 9.68. The van der Waals surface area contributed by atoms with Crippen LogP contribution in [0.3, 0.4) is 0 Å². The second kappa shape index (κ2) is 10.7. The molecule has 3 aromatic rings. The zero-order valence-electron chi connectivity index (χ0n) is 16.6. The maximum Gasteiger partial charge on any atom is 0.175 e. The molecule has 3 nitrogen and oxygen atoms in total. The lowest BCUT2D eigenvalue weighted by molar-refractivity contribution is 0.267. The summed E-state index contributed by atoms with van der Waals surface area (Å²) in [7, 11) is 0. The van der Waals surface area contributed by atoms with E-state index in [0.717, 1.165) is 27.9 Å². The summed E-state index contributed by atoms with van der Waals surface area (Å²) in [5.41, 5.74) is 3.32. The third-order valence-corrected chi connectivity index (χ3v) is 5.57. The van der Waals surface area contributed by atoms with Crippen LogP contribution in [0.4, 0.5) is 0 Å². The van der Waals surface area contributed by atoms with E-state index >= 15 is 0 Å². The van der Waals surface area contributed by atoms with Gasteiger partial charge < -0.3 is 14.8 Å². The van der Waals surface area contributed by atoms with Crippen LogP contribution in [0.1, 0.15) is 36.6 Å². The molecule has 0 unspecified atom stereocenters. The van der Waals surface area contributed by atoms with Crippen molar-refractivity contribution in [1.82, 2.24) is 5.32 Å². The summed E-state index contributed by atoms with van der Waals surface area (Å²) in [5.74, 6) is 1.41. The van der Waals surface area contributed by atoms with E-state index in [0.29, 0.717) is 24.0 Å². The molecule has 0 aliphatic carbocycles. The fraction of sp³-hybridized carbons (Fsp3) is 0.250. The minimum absolute atomic E-state index is 0.252. The number of benzene rings is 3. The van der Waals surface area contributed by atoms with Crippen molar-refractivity contribution in [2.45, 2.75) is 33.0 Å². The molecule has 1 N–H and O–H groups in total. The van der Waals surface area contributed by atoms with Gasteiger partial charge in [0.15, 0.2) is 11.5 Å². The first kappa shape index (κ1) is 21.7. The van der Waals surface area contributed by atoms with E-state index in [9.17, 15) is 0 Å². The lowest BCUT2D eigenvalue weighted by atomic mass is 10.1. The minimum atomic E-state index is 0.252. The van der Waals surface area contributed by atoms with E-state index in [2.05, 4.69) is 58.5 Å². The van der Waals surface area contributed by atoms with Crippen LogP contribution in [-0.4, -0.2) is 6.61 Å². The third-order valence-electron chi connectivity index (χ3n) is 4.61. The Labute approximate surface area is 186 Å². The summed E-state index contributed by atoms with van der Waals surface area (Å²) in [6.45, 7) is 5.79. The highest BCUT2D eigenvalue weighted by Gasteiger charge is 2.14. The Hall–Kier alpha value is -2.01. The normalized spacial score (nSPS) is 11.9. The van der Waals surface area contributed by atoms with Crippen LogP contribution in [-0.2, 0) is 13.2 Å². The average Bonchev–Trinajstić information content (AvgIpc) is 2.73. The van der Waals surface area contributed by atoms with Gasteiger partial charge in [-0.2, -0.15) is 0 Å². The Balaban J connectivity index is 1.72. The highest BCUT2D eigenvalue weighted by atomic mass is 79.9. The molecule has 0 radical (unpaired) electrons. The molecular formula is C24H25BrClNO2. The minimum Gasteiger partial charge on any atom is -0.490 e. The largest absolute Gasteiger partial charge is 0.490 e. The van der Waals surface area contributed by atoms with Gasteiger partial charge in [0, 0.05) is 23.2 Å². The maximum absolute atomic E-state index is 6.25. The van der Waals surface area contributed by atoms with Crippen molar-refractivity contribution in [2.24, 2.45) is 0 Å². The van der Waals surface area contributed by atoms with Crippen molar-refractivity contribution in [1.29, 1.82) is 0 Å². The van der Waals surface area contributed by atoms with Crippen LogP contribution in [0.5, 0.6) is 11.5 Å². The van der Waals surface area contributed by atoms with Crippen LogP contribution < -0.4 is 14.8 Å². The highest BCUT2D eigenvalue weighted by Crippen LogP contribution is 2.38. The van der Waals surface area contributed by atoms with Gasteiger partial charge >= 0.3 is 0 Å². The van der Waals surface area contributed by atoms with Crippen LogP contribution >= 0.6 is 27.5 Å². The second-order valence-electron chi connectivity index (χ2n) is 6.73. The molecule has 1 atom stereocenters. The van der Waals surface area contributed by atoms with Crippen molar-refractivity contribution in [3.8, 4) is 11.5 Å². The molecule has 0 fully saturated rings. The molecule has 0 heterocycles. The zero-order valence-corrected chi connectivity index (χ0v) is 19.0. The molecule has 0 aliphatic rings. The van der Waals surface area contributed by atoms with Gasteiger partial charge in [-0.1, -0.05) is 60.1 Å². The monoisotopic (exact) mass is 473 g/mol. The van der Waals surface area contributed by atoms with Crippen molar-refractivity contribution in [2.75, 3.05) is 6.61 Å². The molecule has 0 saturated carbocycles. The number of nitrogens with one attached hydrogen (secondary N) is 1. The Bertz CT molecular complexity index is 933. The molecular weight excluding hydrogens is 450 g/mol. The molecule has 5 heteroatoms. The van der Waals surface area contributed by atoms with E-state index in [4.69, 9.17) is 21.1 Å². The molecule has 29 heavy (non-hydrogen) atoms. The van der Waals surface area contributed by atoms with Crippen molar-refractivity contribution in [3.63, 3.8) is 0 Å². The van der Waals surface area contributed by atoms with Gasteiger partial charge in [0.1, 0.15) is 6.61 Å². The smallest absolute Gasteiger partial charge is 0.175 e. The van der Waals surface area contributed by atoms with Gasteiger partial charge in [0.05, 0.1) is 11.1 Å². The first-order valence-corrected chi connectivity index (χ1v) is 10.8. The van der Waals surface area contributed by atoms with Crippen molar-refractivity contribution in [3.05, 3.63) is 92.9 Å². The number of hydrogen-bond donors (Lipinski definition) is 1. The van der Waals surface area contributed by atoms with Crippen LogP contribution in [0.2, 0.25) is 5.02 Å². The second-order valence-corrected chi connectivity index (χ2v) is 7.99. The maximum atomic E-state index is 6.25. The van der Waals surface area contributed by atoms with Gasteiger partial charge in [0.25, 0.3) is 0 Å². The molecule has 0 aromatic heterocycles. The Morgan fingerprint density at radius 1 is 1.00 bits per heavy atom. The summed E-state index contributed by atoms with van der Waals surface area (Å²) >= 11 is 9.89. The van der Waals surface area contributed by atoms with Crippen LogP contribution in [0.15, 0.2) is 71.2 Å². The van der Waals surface area contributed by atoms with Gasteiger partial charge in [-0.3, -0.25) is 0 Å². The number of halogens is 2. The predicted molar refractivity (Wildman–Crippen MR) is 123 cm³/mol. The Kier molecular flexibility index (Phi) is 7.99. The number of ether oxygens (including phenoxy) is 2. The molecule has 3 aromatic carbocycles. The zero-order chi connectivity index (χ0) is 20.6. The van der Waals surface area contributed by atoms with Gasteiger partial charge in [0.2, 0.25) is 0 Å². The first-order chi connectivity index (χ1) is 14.1. The molecule has 0 amide bonds. The Morgan fingerprint density at radius 2 is 1.72 bits per heavy atom. The molecule has 0 saturated heterocycles. The van der Waals surface area contributed by atoms with E-state index in [1.54, 1.807) is 0 Å². The molecule has 0 spiro atoms. The van der Waals surface area contributed by atoms with Crippen molar-refractivity contribution >= 4 is 27.5 Å². The molecule has 0 bridgehead atoms. The van der Waals surface area contributed by atoms with Gasteiger partial charge in [-0.15, -0.1) is 0 Å². The fourth-order valence-electron chi connectivity index (χ4n) is 3.02. The lowest BCUT2D eigenvalue weighted by Gasteiger charge is -2.18. The summed E-state index contributed by atoms with van der Waals surface area (Å²) in [5, 5.41) is 4.25. The average molecular weight is 475 g/mol. The van der Waals surface area contributed by atoms with Gasteiger partial charge in [-0.25, -0.2) is 0 Å². The van der Waals surface area contributed by atoms with Gasteiger partial charge in [-0.05, 0) is 59.1 Å². The lowest BCUT2D eigenvalue weighted by Crippen LogP contribution is -2.18. The SMILES string of the molecule is CCOc1cc(CN[C@H](C)c2ccccc2)cc(Br)c1OCc1ccccc1Cl. The topological polar surface area (TPSA) is 30.5 Å². The predicted octanol–water partition coefficient (Wildman–Crippen LogP) is 6.93. The van der Waals surface area contributed by atoms with E-state index in [-0.39, 0.29) is 6.04 Å². The summed E-state index contributed by atoms with van der Waals surface area (Å²) < 4.78 is 12.8. The number of rotatable bonds is 9. The highest BCUT2D eigenvalue weighted by molar-refractivity contribution is 9.10. The standard InChI is InChI=1S/C24H25BrClNO2/c1-3-28-23-14-18(15-27-17(2)19-9-5-4-6-10-19)13-21(25)24(23)29-16-20-11-7-8-12-22(20)26/h4-14,17,27H,3,15-16H2,1-2H3/t17-/m1/s1. The summed E-state index contributed by atoms with van der Waals surface area (Å²) in [4.78, 5) is 0. The number of hydrogen-bond acceptors (Lipinski definition) is 3. The summed E-state index contributed by atoms with van der Waals surface area (Å²) in [6.07, 6.45) is 0. The van der Waals surface area contributed by atoms with Crippen LogP contribution in [0.25, 0.3) is 0 Å². The summed E-state index contributed by atoms with van der Waals surface area (Å²) in [6, 6.07) is 22.4. The quantitative estimate of drug-likeness (QED) is 0.365. The third kappa shape index (κ3) is 5.99. The van der Waals surface area contributed by atoms with Crippen LogP contribution in [0, 0.1) is 0 Å².